The first-order valence-electron chi connectivity index (χ1n) is 7.96. The number of β-amino-alcohol motifs (C(OH)–C–C–N with tert-alkyl or cyclic N) is 1. The van der Waals surface area contributed by atoms with Crippen molar-refractivity contribution in [3.8, 4) is 16.9 Å². The second kappa shape index (κ2) is 7.59. The van der Waals surface area contributed by atoms with E-state index in [4.69, 9.17) is 9.47 Å². The fourth-order valence-electron chi connectivity index (χ4n) is 2.91. The summed E-state index contributed by atoms with van der Waals surface area (Å²) in [6.45, 7) is 3.43. The molecule has 1 aliphatic rings. The van der Waals surface area contributed by atoms with E-state index in [0.29, 0.717) is 19.8 Å². The Kier molecular flexibility index (Phi) is 5.28. The molecule has 0 aromatic heterocycles. The van der Waals surface area contributed by atoms with Crippen molar-refractivity contribution in [3.05, 3.63) is 54.1 Å². The number of hydrogen-bond acceptors (Lipinski definition) is 4. The minimum atomic E-state index is -0.404. The normalized spacial score (nSPS) is 19.3. The molecule has 2 aromatic carbocycles. The van der Waals surface area contributed by atoms with Gasteiger partial charge in [0.05, 0.1) is 26.4 Å². The third-order valence-corrected chi connectivity index (χ3v) is 4.07. The van der Waals surface area contributed by atoms with Gasteiger partial charge in [0.25, 0.3) is 0 Å². The van der Waals surface area contributed by atoms with E-state index in [1.54, 1.807) is 7.11 Å². The third-order valence-electron chi connectivity index (χ3n) is 4.07. The maximum atomic E-state index is 9.85. The molecule has 0 unspecified atom stereocenters. The Labute approximate surface area is 137 Å². The first-order chi connectivity index (χ1) is 11.2. The zero-order chi connectivity index (χ0) is 16.1. The van der Waals surface area contributed by atoms with E-state index in [2.05, 4.69) is 35.2 Å². The largest absolute Gasteiger partial charge is 0.497 e. The molecule has 4 nitrogen and oxygen atoms in total. The second-order valence-corrected chi connectivity index (χ2v) is 5.90. The van der Waals surface area contributed by atoms with E-state index < -0.39 is 6.10 Å². The van der Waals surface area contributed by atoms with Crippen LogP contribution in [0.2, 0.25) is 0 Å². The van der Waals surface area contributed by atoms with Crippen LogP contribution in [0.5, 0.6) is 5.75 Å². The molecule has 0 radical (unpaired) electrons. The van der Waals surface area contributed by atoms with Crippen LogP contribution >= 0.6 is 0 Å². The van der Waals surface area contributed by atoms with Crippen LogP contribution < -0.4 is 4.74 Å². The summed E-state index contributed by atoms with van der Waals surface area (Å²) in [5.74, 6) is 0.862. The SMILES string of the molecule is COc1cccc(-c2cccc(CN3CCOC[C@H](O)C3)c2)c1. The lowest BCUT2D eigenvalue weighted by molar-refractivity contribution is 0.0562. The summed E-state index contributed by atoms with van der Waals surface area (Å²) >= 11 is 0. The van der Waals surface area contributed by atoms with Gasteiger partial charge in [-0.05, 0) is 34.9 Å². The maximum absolute atomic E-state index is 9.85. The highest BCUT2D eigenvalue weighted by Crippen LogP contribution is 2.25. The molecular formula is C19H23NO3. The van der Waals surface area contributed by atoms with Gasteiger partial charge in [-0.15, -0.1) is 0 Å². The van der Waals surface area contributed by atoms with E-state index in [0.717, 1.165) is 24.4 Å². The minimum absolute atomic E-state index is 0.404. The molecule has 1 N–H and O–H groups in total. The van der Waals surface area contributed by atoms with Gasteiger partial charge in [-0.3, -0.25) is 4.90 Å². The lowest BCUT2D eigenvalue weighted by Gasteiger charge is -2.21. The van der Waals surface area contributed by atoms with E-state index in [9.17, 15) is 5.11 Å². The van der Waals surface area contributed by atoms with Crippen LogP contribution in [0.3, 0.4) is 0 Å². The molecule has 0 spiro atoms. The second-order valence-electron chi connectivity index (χ2n) is 5.90. The quantitative estimate of drug-likeness (QED) is 0.942. The highest BCUT2D eigenvalue weighted by molar-refractivity contribution is 5.65. The van der Waals surface area contributed by atoms with E-state index in [1.807, 2.05) is 18.2 Å². The van der Waals surface area contributed by atoms with Gasteiger partial charge < -0.3 is 14.6 Å². The molecular weight excluding hydrogens is 290 g/mol. The standard InChI is InChI=1S/C19H23NO3/c1-22-19-7-3-6-17(11-19)16-5-2-4-15(10-16)12-20-8-9-23-14-18(21)13-20/h2-7,10-11,18,21H,8-9,12-14H2,1H3/t18-/m1/s1. The van der Waals surface area contributed by atoms with Crippen LogP contribution in [0, 0.1) is 0 Å². The van der Waals surface area contributed by atoms with Crippen molar-refractivity contribution < 1.29 is 14.6 Å². The lowest BCUT2D eigenvalue weighted by Crippen LogP contribution is -2.32. The monoisotopic (exact) mass is 313 g/mol. The molecule has 1 atom stereocenters. The number of ether oxygens (including phenoxy) is 2. The Morgan fingerprint density at radius 3 is 2.78 bits per heavy atom. The van der Waals surface area contributed by atoms with Crippen LogP contribution in [-0.4, -0.2) is 49.5 Å². The Balaban J connectivity index is 1.76. The number of aliphatic hydroxyl groups excluding tert-OH is 1. The van der Waals surface area contributed by atoms with E-state index in [-0.39, 0.29) is 0 Å². The average Bonchev–Trinajstić information content (AvgIpc) is 2.79. The summed E-state index contributed by atoms with van der Waals surface area (Å²) in [5, 5.41) is 9.85. The van der Waals surface area contributed by atoms with Crippen LogP contribution in [0.25, 0.3) is 11.1 Å². The van der Waals surface area contributed by atoms with Gasteiger partial charge in [0.2, 0.25) is 0 Å². The zero-order valence-corrected chi connectivity index (χ0v) is 13.4. The van der Waals surface area contributed by atoms with Gasteiger partial charge in [-0.2, -0.15) is 0 Å². The summed E-state index contributed by atoms with van der Waals surface area (Å²) in [6.07, 6.45) is -0.404. The molecule has 122 valence electrons. The van der Waals surface area contributed by atoms with Gasteiger partial charge in [0.15, 0.2) is 0 Å². The van der Waals surface area contributed by atoms with Gasteiger partial charge in [-0.1, -0.05) is 30.3 Å². The minimum Gasteiger partial charge on any atom is -0.497 e. The fraction of sp³-hybridized carbons (Fsp3) is 0.368. The van der Waals surface area contributed by atoms with E-state index >= 15 is 0 Å². The molecule has 3 rings (SSSR count). The van der Waals surface area contributed by atoms with Crippen molar-refractivity contribution in [2.24, 2.45) is 0 Å². The van der Waals surface area contributed by atoms with Crippen molar-refractivity contribution in [1.82, 2.24) is 4.90 Å². The molecule has 0 bridgehead atoms. The van der Waals surface area contributed by atoms with Gasteiger partial charge in [-0.25, -0.2) is 0 Å². The van der Waals surface area contributed by atoms with Crippen LogP contribution in [0.15, 0.2) is 48.5 Å². The number of nitrogens with zero attached hydrogens (tertiary/aromatic N) is 1. The average molecular weight is 313 g/mol. The smallest absolute Gasteiger partial charge is 0.119 e. The summed E-state index contributed by atoms with van der Waals surface area (Å²) in [6, 6.07) is 16.6. The van der Waals surface area contributed by atoms with Crippen molar-refractivity contribution >= 4 is 0 Å². The molecule has 1 aliphatic heterocycles. The molecule has 4 heteroatoms. The topological polar surface area (TPSA) is 41.9 Å². The molecule has 1 saturated heterocycles. The van der Waals surface area contributed by atoms with Crippen molar-refractivity contribution in [3.63, 3.8) is 0 Å². The summed E-state index contributed by atoms with van der Waals surface area (Å²) in [7, 11) is 1.68. The Morgan fingerprint density at radius 2 is 1.96 bits per heavy atom. The van der Waals surface area contributed by atoms with Crippen molar-refractivity contribution in [2.75, 3.05) is 33.4 Å². The molecule has 0 saturated carbocycles. The molecule has 1 fully saturated rings. The van der Waals surface area contributed by atoms with Gasteiger partial charge >= 0.3 is 0 Å². The van der Waals surface area contributed by atoms with Crippen molar-refractivity contribution in [1.29, 1.82) is 0 Å². The number of hydrogen-bond donors (Lipinski definition) is 1. The Morgan fingerprint density at radius 1 is 1.17 bits per heavy atom. The fourth-order valence-corrected chi connectivity index (χ4v) is 2.91. The van der Waals surface area contributed by atoms with Crippen LogP contribution in [0.4, 0.5) is 0 Å². The van der Waals surface area contributed by atoms with Crippen LogP contribution in [-0.2, 0) is 11.3 Å². The first-order valence-corrected chi connectivity index (χ1v) is 7.96. The zero-order valence-electron chi connectivity index (χ0n) is 13.4. The Bertz CT molecular complexity index is 644. The first kappa shape index (κ1) is 16.0. The highest BCUT2D eigenvalue weighted by atomic mass is 16.5. The van der Waals surface area contributed by atoms with Crippen molar-refractivity contribution in [2.45, 2.75) is 12.6 Å². The molecule has 23 heavy (non-hydrogen) atoms. The number of benzene rings is 2. The van der Waals surface area contributed by atoms with E-state index in [1.165, 1.54) is 11.1 Å². The maximum Gasteiger partial charge on any atom is 0.119 e. The number of aliphatic hydroxyl groups is 1. The third kappa shape index (κ3) is 4.32. The summed E-state index contributed by atoms with van der Waals surface area (Å²) in [4.78, 5) is 2.24. The van der Waals surface area contributed by atoms with Gasteiger partial charge in [0, 0.05) is 19.6 Å². The molecule has 0 amide bonds. The predicted octanol–water partition coefficient (Wildman–Crippen LogP) is 2.56. The molecule has 0 aliphatic carbocycles. The lowest BCUT2D eigenvalue weighted by atomic mass is 10.0. The summed E-state index contributed by atoms with van der Waals surface area (Å²) in [5.41, 5.74) is 3.55. The number of rotatable bonds is 4. The predicted molar refractivity (Wildman–Crippen MR) is 90.5 cm³/mol. The van der Waals surface area contributed by atoms with Gasteiger partial charge in [0.1, 0.15) is 5.75 Å². The highest BCUT2D eigenvalue weighted by Gasteiger charge is 2.16. The Hall–Kier alpha value is -1.88. The molecule has 1 heterocycles. The molecule has 2 aromatic rings. The van der Waals surface area contributed by atoms with Crippen LogP contribution in [0.1, 0.15) is 5.56 Å². The number of methoxy groups -OCH3 is 1. The summed E-state index contributed by atoms with van der Waals surface area (Å²) < 4.78 is 10.7.